The summed E-state index contributed by atoms with van der Waals surface area (Å²) in [5, 5.41) is 10.9. The Morgan fingerprint density at radius 3 is 2.77 bits per heavy atom. The molecule has 0 spiro atoms. The van der Waals surface area contributed by atoms with Crippen LogP contribution in [0.1, 0.15) is 45.6 Å². The van der Waals surface area contributed by atoms with E-state index in [1.807, 2.05) is 32.9 Å². The quantitative estimate of drug-likeness (QED) is 0.712. The molecule has 7 nitrogen and oxygen atoms in total. The third-order valence-corrected chi connectivity index (χ3v) is 5.91. The van der Waals surface area contributed by atoms with Gasteiger partial charge in [-0.3, -0.25) is 0 Å². The summed E-state index contributed by atoms with van der Waals surface area (Å²) in [7, 11) is 0. The molecule has 4 rings (SSSR count). The molecule has 8 heteroatoms. The van der Waals surface area contributed by atoms with Crippen LogP contribution in [0.2, 0.25) is 5.28 Å². The molecule has 1 unspecified atom stereocenters. The Morgan fingerprint density at radius 1 is 1.29 bits per heavy atom. The fraction of sp³-hybridized carbons (Fsp3) is 0.522. The monoisotopic (exact) mass is 444 g/mol. The van der Waals surface area contributed by atoms with Gasteiger partial charge in [0.05, 0.1) is 18.2 Å². The van der Waals surface area contributed by atoms with Crippen molar-refractivity contribution in [3.63, 3.8) is 0 Å². The summed E-state index contributed by atoms with van der Waals surface area (Å²) in [6, 6.07) is 6.20. The largest absolute Gasteiger partial charge is 0.444 e. The molecule has 2 aromatic rings. The van der Waals surface area contributed by atoms with Crippen LogP contribution < -0.4 is 4.90 Å². The lowest BCUT2D eigenvalue weighted by atomic mass is 9.98. The fourth-order valence-corrected chi connectivity index (χ4v) is 4.40. The van der Waals surface area contributed by atoms with Crippen molar-refractivity contribution in [2.75, 3.05) is 31.1 Å². The molecular weight excluding hydrogens is 416 g/mol. The van der Waals surface area contributed by atoms with Crippen LogP contribution in [0.3, 0.4) is 0 Å². The molecule has 1 amide bonds. The standard InChI is InChI=1S/C23H29ClN4O3/c1-23(2,3)31-22(30)27-11-8-15(9-12-27)16-6-7-18-19(13-16)25-21(24)26-20(18)28-10-4-5-17(28)14-29/h6-8,13,17,29H,4-5,9-12,14H2,1-3H3. The Balaban J connectivity index is 1.58. The average Bonchev–Trinajstić information content (AvgIpc) is 3.20. The molecule has 1 atom stereocenters. The van der Waals surface area contributed by atoms with Gasteiger partial charge in [-0.25, -0.2) is 9.78 Å². The summed E-state index contributed by atoms with van der Waals surface area (Å²) in [6.07, 6.45) is 4.50. The van der Waals surface area contributed by atoms with Crippen molar-refractivity contribution in [3.8, 4) is 0 Å². The zero-order valence-electron chi connectivity index (χ0n) is 18.3. The molecule has 0 radical (unpaired) electrons. The predicted octanol–water partition coefficient (Wildman–Crippen LogP) is 4.27. The van der Waals surface area contributed by atoms with Crippen molar-refractivity contribution in [1.29, 1.82) is 0 Å². The first-order chi connectivity index (χ1) is 14.7. The minimum atomic E-state index is -0.500. The van der Waals surface area contributed by atoms with Crippen LogP contribution in [0.5, 0.6) is 0 Å². The lowest BCUT2D eigenvalue weighted by Gasteiger charge is -2.29. The number of hydrogen-bond donors (Lipinski definition) is 1. The summed E-state index contributed by atoms with van der Waals surface area (Å²) < 4.78 is 5.47. The lowest BCUT2D eigenvalue weighted by molar-refractivity contribution is 0.0270. The topological polar surface area (TPSA) is 78.8 Å². The van der Waals surface area contributed by atoms with Crippen LogP contribution in [-0.2, 0) is 4.74 Å². The van der Waals surface area contributed by atoms with E-state index in [9.17, 15) is 9.90 Å². The first kappa shape index (κ1) is 21.8. The number of ether oxygens (including phenoxy) is 1. The number of aromatic nitrogens is 2. The highest BCUT2D eigenvalue weighted by molar-refractivity contribution is 6.28. The number of aliphatic hydroxyl groups is 1. The number of carbonyl (C=O) groups excluding carboxylic acids is 1. The summed E-state index contributed by atoms with van der Waals surface area (Å²) in [5.41, 5.74) is 2.52. The smallest absolute Gasteiger partial charge is 0.410 e. The minimum absolute atomic E-state index is 0.0636. The van der Waals surface area contributed by atoms with E-state index in [1.54, 1.807) is 4.90 Å². The van der Waals surface area contributed by atoms with E-state index in [0.29, 0.717) is 13.1 Å². The van der Waals surface area contributed by atoms with Gasteiger partial charge in [0.15, 0.2) is 0 Å². The number of carbonyl (C=O) groups is 1. The van der Waals surface area contributed by atoms with Crippen LogP contribution in [0, 0.1) is 0 Å². The second-order valence-electron chi connectivity index (χ2n) is 9.13. The highest BCUT2D eigenvalue weighted by Crippen LogP contribution is 2.33. The molecule has 1 aromatic carbocycles. The van der Waals surface area contributed by atoms with Gasteiger partial charge in [-0.1, -0.05) is 12.1 Å². The van der Waals surface area contributed by atoms with Gasteiger partial charge in [-0.05, 0) is 74.9 Å². The molecule has 1 N–H and O–H groups in total. The third kappa shape index (κ3) is 4.77. The molecule has 0 bridgehead atoms. The SMILES string of the molecule is CC(C)(C)OC(=O)N1CC=C(c2ccc3c(N4CCCC4CO)nc(Cl)nc3c2)CC1. The first-order valence-corrected chi connectivity index (χ1v) is 11.1. The number of benzene rings is 1. The van der Waals surface area contributed by atoms with Crippen molar-refractivity contribution in [2.45, 2.75) is 51.7 Å². The summed E-state index contributed by atoms with van der Waals surface area (Å²) in [5.74, 6) is 0.784. The first-order valence-electron chi connectivity index (χ1n) is 10.8. The van der Waals surface area contributed by atoms with E-state index in [1.165, 1.54) is 5.57 Å². The Morgan fingerprint density at radius 2 is 2.10 bits per heavy atom. The van der Waals surface area contributed by atoms with Crippen molar-refractivity contribution in [2.24, 2.45) is 0 Å². The summed E-state index contributed by atoms with van der Waals surface area (Å²) in [6.45, 7) is 7.69. The van der Waals surface area contributed by atoms with Gasteiger partial charge in [0.2, 0.25) is 5.28 Å². The van der Waals surface area contributed by atoms with Crippen LogP contribution in [-0.4, -0.2) is 64.0 Å². The zero-order chi connectivity index (χ0) is 22.2. The second kappa shape index (κ2) is 8.63. The van der Waals surface area contributed by atoms with E-state index >= 15 is 0 Å². The Kier molecular flexibility index (Phi) is 6.08. The van der Waals surface area contributed by atoms with E-state index in [2.05, 4.69) is 27.0 Å². The molecule has 1 saturated heterocycles. The maximum atomic E-state index is 12.3. The van der Waals surface area contributed by atoms with Crippen LogP contribution in [0.15, 0.2) is 24.3 Å². The molecule has 2 aliphatic rings. The number of amides is 1. The number of fused-ring (bicyclic) bond motifs is 1. The summed E-state index contributed by atoms with van der Waals surface area (Å²) >= 11 is 6.25. The van der Waals surface area contributed by atoms with Gasteiger partial charge < -0.3 is 19.6 Å². The van der Waals surface area contributed by atoms with Gasteiger partial charge in [-0.15, -0.1) is 0 Å². The normalized spacial score (nSPS) is 19.6. The van der Waals surface area contributed by atoms with Gasteiger partial charge in [0, 0.05) is 25.0 Å². The van der Waals surface area contributed by atoms with Crippen molar-refractivity contribution in [3.05, 3.63) is 35.1 Å². The number of rotatable bonds is 3. The molecule has 1 fully saturated rings. The fourth-order valence-electron chi connectivity index (χ4n) is 4.23. The Labute approximate surface area is 187 Å². The number of halogens is 1. The molecule has 3 heterocycles. The minimum Gasteiger partial charge on any atom is -0.444 e. The van der Waals surface area contributed by atoms with E-state index in [0.717, 1.165) is 48.1 Å². The number of nitrogens with zero attached hydrogens (tertiary/aromatic N) is 4. The van der Waals surface area contributed by atoms with Gasteiger partial charge >= 0.3 is 6.09 Å². The molecule has 2 aliphatic heterocycles. The van der Waals surface area contributed by atoms with E-state index in [4.69, 9.17) is 16.3 Å². The van der Waals surface area contributed by atoms with Gasteiger partial charge in [-0.2, -0.15) is 4.98 Å². The highest BCUT2D eigenvalue weighted by atomic mass is 35.5. The molecule has 166 valence electrons. The zero-order valence-corrected chi connectivity index (χ0v) is 19.0. The van der Waals surface area contributed by atoms with Crippen LogP contribution >= 0.6 is 11.6 Å². The average molecular weight is 445 g/mol. The number of anilines is 1. The molecule has 31 heavy (non-hydrogen) atoms. The number of hydrogen-bond acceptors (Lipinski definition) is 6. The predicted molar refractivity (Wildman–Crippen MR) is 122 cm³/mol. The van der Waals surface area contributed by atoms with Crippen molar-refractivity contribution >= 4 is 40.0 Å². The van der Waals surface area contributed by atoms with E-state index < -0.39 is 5.60 Å². The maximum Gasteiger partial charge on any atom is 0.410 e. The summed E-state index contributed by atoms with van der Waals surface area (Å²) in [4.78, 5) is 25.1. The van der Waals surface area contributed by atoms with Gasteiger partial charge in [0.1, 0.15) is 11.4 Å². The Hall–Kier alpha value is -2.38. The molecule has 0 saturated carbocycles. The maximum absolute atomic E-state index is 12.3. The van der Waals surface area contributed by atoms with Crippen molar-refractivity contribution < 1.29 is 14.6 Å². The molecule has 1 aromatic heterocycles. The molecular formula is C23H29ClN4O3. The number of aliphatic hydroxyl groups excluding tert-OH is 1. The molecule has 0 aliphatic carbocycles. The lowest BCUT2D eigenvalue weighted by Crippen LogP contribution is -2.39. The third-order valence-electron chi connectivity index (χ3n) is 5.74. The highest BCUT2D eigenvalue weighted by Gasteiger charge is 2.28. The van der Waals surface area contributed by atoms with Crippen LogP contribution in [0.25, 0.3) is 16.5 Å². The second-order valence-corrected chi connectivity index (χ2v) is 9.46. The van der Waals surface area contributed by atoms with Crippen molar-refractivity contribution in [1.82, 2.24) is 14.9 Å². The van der Waals surface area contributed by atoms with Crippen LogP contribution in [0.4, 0.5) is 10.6 Å². The van der Waals surface area contributed by atoms with E-state index in [-0.39, 0.29) is 24.0 Å². The van der Waals surface area contributed by atoms with Gasteiger partial charge in [0.25, 0.3) is 0 Å². The Bertz CT molecular complexity index is 1020.